The maximum Gasteiger partial charge on any atom is 0.272 e. The molecule has 2 aromatic heterocycles. The number of carbonyl (C=O) groups excluding carboxylic acids is 2. The normalized spacial score (nSPS) is 10.8. The van der Waals surface area contributed by atoms with Crippen LogP contribution in [0.1, 0.15) is 46.9 Å². The largest absolute Gasteiger partial charge is 0.471 e. The Hall–Kier alpha value is -2.90. The quantitative estimate of drug-likeness (QED) is 0.672. The fraction of sp³-hybridized carbons (Fsp3) is 0.400. The van der Waals surface area contributed by atoms with Crippen molar-refractivity contribution in [3.05, 3.63) is 53.0 Å². The third-order valence-electron chi connectivity index (χ3n) is 3.87. The van der Waals surface area contributed by atoms with Gasteiger partial charge in [0.05, 0.1) is 0 Å². The monoisotopic (exact) mass is 391 g/mol. The molecule has 0 saturated carbocycles. The standard InChI is InChI=1S/C20H23F2N3O3/c1-3-4-17(26)9-16-8-15(5-6-23-16)19(27)24-10-14-7-13(2)20(25-11-14)28-12-18(21)22/h5-8,11,18H,3-4,9-10,12H2,1-2H3,(H,24,27). The summed E-state index contributed by atoms with van der Waals surface area (Å²) in [6, 6.07) is 4.90. The summed E-state index contributed by atoms with van der Waals surface area (Å²) in [5, 5.41) is 2.77. The lowest BCUT2D eigenvalue weighted by Crippen LogP contribution is -2.23. The van der Waals surface area contributed by atoms with Crippen molar-refractivity contribution in [1.29, 1.82) is 0 Å². The van der Waals surface area contributed by atoms with E-state index in [1.54, 1.807) is 25.1 Å². The Morgan fingerprint density at radius 1 is 1.25 bits per heavy atom. The fourth-order valence-electron chi connectivity index (χ4n) is 2.58. The minimum absolute atomic E-state index is 0.0864. The molecule has 2 heterocycles. The molecule has 8 heteroatoms. The third-order valence-corrected chi connectivity index (χ3v) is 3.87. The van der Waals surface area contributed by atoms with Crippen molar-refractivity contribution < 1.29 is 23.1 Å². The third kappa shape index (κ3) is 6.68. The average Bonchev–Trinajstić information content (AvgIpc) is 2.65. The Labute approximate surface area is 162 Å². The zero-order valence-corrected chi connectivity index (χ0v) is 15.9. The molecule has 0 unspecified atom stereocenters. The average molecular weight is 391 g/mol. The van der Waals surface area contributed by atoms with E-state index < -0.39 is 13.0 Å². The minimum Gasteiger partial charge on any atom is -0.471 e. The first kappa shape index (κ1) is 21.4. The van der Waals surface area contributed by atoms with Crippen molar-refractivity contribution in [1.82, 2.24) is 15.3 Å². The number of aryl methyl sites for hydroxylation is 1. The van der Waals surface area contributed by atoms with Gasteiger partial charge in [-0.2, -0.15) is 0 Å². The number of Topliss-reactive ketones (excluding diaryl/α,β-unsaturated/α-hetero) is 1. The Morgan fingerprint density at radius 2 is 2.04 bits per heavy atom. The summed E-state index contributed by atoms with van der Waals surface area (Å²) in [4.78, 5) is 32.3. The summed E-state index contributed by atoms with van der Waals surface area (Å²) in [7, 11) is 0. The van der Waals surface area contributed by atoms with Crippen molar-refractivity contribution in [3.8, 4) is 5.88 Å². The van der Waals surface area contributed by atoms with Crippen LogP contribution >= 0.6 is 0 Å². The van der Waals surface area contributed by atoms with Crippen molar-refractivity contribution in [2.45, 2.75) is 46.1 Å². The predicted molar refractivity (Wildman–Crippen MR) is 99.5 cm³/mol. The highest BCUT2D eigenvalue weighted by Crippen LogP contribution is 2.16. The van der Waals surface area contributed by atoms with Crippen LogP contribution < -0.4 is 10.1 Å². The van der Waals surface area contributed by atoms with E-state index in [-0.39, 0.29) is 30.5 Å². The fourth-order valence-corrected chi connectivity index (χ4v) is 2.58. The number of aromatic nitrogens is 2. The number of halogens is 2. The van der Waals surface area contributed by atoms with Crippen LogP contribution in [0, 0.1) is 6.92 Å². The molecule has 0 fully saturated rings. The number of pyridine rings is 2. The van der Waals surface area contributed by atoms with Gasteiger partial charge < -0.3 is 10.1 Å². The number of amides is 1. The van der Waals surface area contributed by atoms with Crippen LogP contribution in [0.25, 0.3) is 0 Å². The van der Waals surface area contributed by atoms with Crippen LogP contribution in [0.3, 0.4) is 0 Å². The first-order valence-corrected chi connectivity index (χ1v) is 9.00. The van der Waals surface area contributed by atoms with Gasteiger partial charge in [0.2, 0.25) is 5.88 Å². The molecule has 1 amide bonds. The number of nitrogens with one attached hydrogen (secondary N) is 1. The topological polar surface area (TPSA) is 81.2 Å². The van der Waals surface area contributed by atoms with Gasteiger partial charge in [-0.05, 0) is 37.1 Å². The molecule has 1 N–H and O–H groups in total. The first-order chi connectivity index (χ1) is 13.4. The summed E-state index contributed by atoms with van der Waals surface area (Å²) >= 11 is 0. The number of rotatable bonds is 10. The van der Waals surface area contributed by atoms with Gasteiger partial charge in [0.15, 0.2) is 6.61 Å². The number of ketones is 1. The van der Waals surface area contributed by atoms with Gasteiger partial charge in [-0.1, -0.05) is 6.92 Å². The van der Waals surface area contributed by atoms with Gasteiger partial charge in [0.25, 0.3) is 12.3 Å². The SMILES string of the molecule is CCCC(=O)Cc1cc(C(=O)NCc2cnc(OCC(F)F)c(C)c2)ccn1. The molecule has 0 aliphatic carbocycles. The van der Waals surface area contributed by atoms with Crippen LogP contribution in [-0.4, -0.2) is 34.7 Å². The van der Waals surface area contributed by atoms with Gasteiger partial charge in [-0.3, -0.25) is 14.6 Å². The van der Waals surface area contributed by atoms with E-state index >= 15 is 0 Å². The zero-order chi connectivity index (χ0) is 20.5. The van der Waals surface area contributed by atoms with E-state index in [1.165, 1.54) is 12.4 Å². The van der Waals surface area contributed by atoms with Crippen LogP contribution in [0.2, 0.25) is 0 Å². The molecule has 2 aromatic rings. The second-order valence-corrected chi connectivity index (χ2v) is 6.35. The highest BCUT2D eigenvalue weighted by atomic mass is 19.3. The molecule has 0 aliphatic rings. The molecule has 0 saturated heterocycles. The lowest BCUT2D eigenvalue weighted by molar-refractivity contribution is -0.118. The Balaban J connectivity index is 1.95. The number of carbonyl (C=O) groups is 2. The molecule has 28 heavy (non-hydrogen) atoms. The lowest BCUT2D eigenvalue weighted by atomic mass is 10.1. The molecule has 0 radical (unpaired) electrons. The molecule has 6 nitrogen and oxygen atoms in total. The van der Waals surface area contributed by atoms with Crippen molar-refractivity contribution in [3.63, 3.8) is 0 Å². The zero-order valence-electron chi connectivity index (χ0n) is 15.9. The molecule has 0 aromatic carbocycles. The van der Waals surface area contributed by atoms with Crippen molar-refractivity contribution >= 4 is 11.7 Å². The highest BCUT2D eigenvalue weighted by molar-refractivity contribution is 5.94. The Bertz CT molecular complexity index is 828. The number of ether oxygens (including phenoxy) is 1. The van der Waals surface area contributed by atoms with Gasteiger partial charge in [0, 0.05) is 48.6 Å². The molecule has 150 valence electrons. The maximum atomic E-state index is 12.4. The highest BCUT2D eigenvalue weighted by Gasteiger charge is 2.11. The number of nitrogens with zero attached hydrogens (tertiary/aromatic N) is 2. The van der Waals surface area contributed by atoms with Crippen LogP contribution in [-0.2, 0) is 17.8 Å². The number of alkyl halides is 2. The van der Waals surface area contributed by atoms with Gasteiger partial charge >= 0.3 is 0 Å². The molecular formula is C20H23F2N3O3. The number of hydrogen-bond acceptors (Lipinski definition) is 5. The van der Waals surface area contributed by atoms with E-state index in [9.17, 15) is 18.4 Å². The summed E-state index contributed by atoms with van der Waals surface area (Å²) in [6.45, 7) is 3.13. The van der Waals surface area contributed by atoms with E-state index in [0.717, 1.165) is 6.42 Å². The van der Waals surface area contributed by atoms with E-state index in [1.807, 2.05) is 6.92 Å². The molecule has 0 aliphatic heterocycles. The molecular weight excluding hydrogens is 368 g/mol. The molecule has 0 atom stereocenters. The minimum atomic E-state index is -2.57. The van der Waals surface area contributed by atoms with Gasteiger partial charge in [0.1, 0.15) is 5.78 Å². The smallest absolute Gasteiger partial charge is 0.272 e. The second-order valence-electron chi connectivity index (χ2n) is 6.35. The van der Waals surface area contributed by atoms with Crippen molar-refractivity contribution in [2.75, 3.05) is 6.61 Å². The van der Waals surface area contributed by atoms with E-state index in [0.29, 0.717) is 28.8 Å². The molecule has 2 rings (SSSR count). The van der Waals surface area contributed by atoms with Crippen molar-refractivity contribution in [2.24, 2.45) is 0 Å². The van der Waals surface area contributed by atoms with E-state index in [2.05, 4.69) is 15.3 Å². The summed E-state index contributed by atoms with van der Waals surface area (Å²) in [5.41, 5.74) is 2.29. The molecule has 0 spiro atoms. The van der Waals surface area contributed by atoms with E-state index in [4.69, 9.17) is 4.74 Å². The van der Waals surface area contributed by atoms with Crippen LogP contribution in [0.5, 0.6) is 5.88 Å². The second kappa shape index (κ2) is 10.4. The van der Waals surface area contributed by atoms with Gasteiger partial charge in [-0.15, -0.1) is 0 Å². The Kier molecular flexibility index (Phi) is 7.98. The summed E-state index contributed by atoms with van der Waals surface area (Å²) in [6.07, 6.45) is 1.88. The summed E-state index contributed by atoms with van der Waals surface area (Å²) < 4.78 is 29.4. The molecule has 0 bridgehead atoms. The first-order valence-electron chi connectivity index (χ1n) is 9.00. The lowest BCUT2D eigenvalue weighted by Gasteiger charge is -2.10. The van der Waals surface area contributed by atoms with Gasteiger partial charge in [-0.25, -0.2) is 13.8 Å². The number of hydrogen-bond donors (Lipinski definition) is 1. The Morgan fingerprint density at radius 3 is 2.71 bits per heavy atom. The maximum absolute atomic E-state index is 12.4. The van der Waals surface area contributed by atoms with Crippen LogP contribution in [0.15, 0.2) is 30.6 Å². The van der Waals surface area contributed by atoms with Crippen LogP contribution in [0.4, 0.5) is 8.78 Å². The predicted octanol–water partition coefficient (Wildman–Crippen LogP) is 3.27. The summed E-state index contributed by atoms with van der Waals surface area (Å²) in [5.74, 6) is -0.0728.